The molecule has 14 heteroatoms. The van der Waals surface area contributed by atoms with Crippen LogP contribution in [0, 0.1) is 11.3 Å². The Hall–Kier alpha value is -5.78. The number of carbonyl (C=O) groups excluding carboxylic acids is 6. The van der Waals surface area contributed by atoms with Crippen LogP contribution in [-0.4, -0.2) is 112 Å². The number of nitriles is 1. The molecule has 0 radical (unpaired) electrons. The standard InChI is InChI=1S/C45H45N7O6S/c1-4-26-20-32-33(45(2,3)41-39(40(32)55)30-7-5-25(23-46)19-34(30)47-41)22-36(26)50-13-11-27(12-14-50)49-15-17-51(18-16-49)38(54)24-59-28-6-8-29-31(21-28)44(58)52(43(29)57)35-9-10-37(53)48-42(35)56/h5-8,19-22,27,35,47H,4,9-18,24H2,1-3H3,(H,48,53,56). The lowest BCUT2D eigenvalue weighted by Crippen LogP contribution is -2.54. The Morgan fingerprint density at radius 1 is 0.881 bits per heavy atom. The SMILES string of the molecule is CCc1cc2c(cc1N1CCC(N3CCN(C(=O)CSc4ccc5c(c4)C(=O)N(C4CCC(=O)NC4=O)C5=O)CC3)CC1)C(C)(C)c1[nH]c3cc(C#N)ccc3c1C2=O. The molecule has 4 aromatic rings. The second kappa shape index (κ2) is 14.8. The number of H-pyrrole nitrogens is 1. The average Bonchev–Trinajstić information content (AvgIpc) is 3.76. The number of rotatable bonds is 7. The van der Waals surface area contributed by atoms with Gasteiger partial charge in [0.2, 0.25) is 17.7 Å². The topological polar surface area (TPSA) is 167 Å². The van der Waals surface area contributed by atoms with E-state index in [9.17, 15) is 34.0 Å². The maximum Gasteiger partial charge on any atom is 0.262 e. The second-order valence-corrected chi connectivity index (χ2v) is 17.7. The first-order valence-electron chi connectivity index (χ1n) is 20.4. The minimum atomic E-state index is -1.02. The van der Waals surface area contributed by atoms with Crippen LogP contribution < -0.4 is 10.2 Å². The molecule has 0 bridgehead atoms. The third-order valence-corrected chi connectivity index (χ3v) is 14.0. The zero-order valence-corrected chi connectivity index (χ0v) is 34.2. The predicted molar refractivity (Wildman–Crippen MR) is 222 cm³/mol. The molecule has 4 aliphatic heterocycles. The fourth-order valence-corrected chi connectivity index (χ4v) is 10.6. The van der Waals surface area contributed by atoms with Crippen molar-refractivity contribution in [2.24, 2.45) is 0 Å². The number of benzene rings is 3. The van der Waals surface area contributed by atoms with Gasteiger partial charge < -0.3 is 14.8 Å². The number of carbonyl (C=O) groups is 6. The fourth-order valence-electron chi connectivity index (χ4n) is 9.74. The van der Waals surface area contributed by atoms with Gasteiger partial charge in [-0.1, -0.05) is 26.8 Å². The van der Waals surface area contributed by atoms with Gasteiger partial charge in [-0.15, -0.1) is 11.8 Å². The van der Waals surface area contributed by atoms with Crippen LogP contribution in [0.15, 0.2) is 53.4 Å². The average molecular weight is 812 g/mol. The molecule has 0 saturated carbocycles. The zero-order chi connectivity index (χ0) is 41.3. The van der Waals surface area contributed by atoms with Crippen LogP contribution in [-0.2, 0) is 26.2 Å². The molecule has 1 aliphatic carbocycles. The van der Waals surface area contributed by atoms with E-state index in [0.717, 1.165) is 78.1 Å². The highest BCUT2D eigenvalue weighted by Crippen LogP contribution is 2.46. The Kier molecular flexibility index (Phi) is 9.71. The van der Waals surface area contributed by atoms with E-state index in [1.165, 1.54) is 23.0 Å². The smallest absolute Gasteiger partial charge is 0.262 e. The monoisotopic (exact) mass is 811 g/mol. The van der Waals surface area contributed by atoms with Crippen LogP contribution in [0.1, 0.15) is 105 Å². The number of aromatic amines is 1. The van der Waals surface area contributed by atoms with Crippen molar-refractivity contribution in [1.29, 1.82) is 5.26 Å². The number of aryl methyl sites for hydroxylation is 1. The number of hydrogen-bond acceptors (Lipinski definition) is 10. The highest BCUT2D eigenvalue weighted by atomic mass is 32.2. The molecule has 3 saturated heterocycles. The van der Waals surface area contributed by atoms with Crippen molar-refractivity contribution in [1.82, 2.24) is 25.0 Å². The molecule has 0 spiro atoms. The molecule has 1 aromatic heterocycles. The van der Waals surface area contributed by atoms with E-state index in [2.05, 4.69) is 59.1 Å². The lowest BCUT2D eigenvalue weighted by atomic mass is 9.70. The van der Waals surface area contributed by atoms with Crippen molar-refractivity contribution in [2.45, 2.75) is 75.3 Å². The first-order chi connectivity index (χ1) is 28.4. The number of anilines is 1. The number of thioether (sulfide) groups is 1. The minimum absolute atomic E-state index is 0.0185. The summed E-state index contributed by atoms with van der Waals surface area (Å²) in [6, 6.07) is 16.3. The summed E-state index contributed by atoms with van der Waals surface area (Å²) in [7, 11) is 0. The summed E-state index contributed by atoms with van der Waals surface area (Å²) < 4.78 is 0. The molecule has 302 valence electrons. The maximum absolute atomic E-state index is 14.1. The van der Waals surface area contributed by atoms with E-state index >= 15 is 0 Å². The van der Waals surface area contributed by atoms with E-state index < -0.39 is 35.1 Å². The van der Waals surface area contributed by atoms with Crippen LogP contribution in [0.3, 0.4) is 0 Å². The highest BCUT2D eigenvalue weighted by Gasteiger charge is 2.45. The van der Waals surface area contributed by atoms with Gasteiger partial charge in [-0.3, -0.25) is 43.9 Å². The van der Waals surface area contributed by atoms with Crippen LogP contribution in [0.25, 0.3) is 10.9 Å². The number of aromatic nitrogens is 1. The summed E-state index contributed by atoms with van der Waals surface area (Å²) in [5.41, 5.74) is 7.07. The van der Waals surface area contributed by atoms with Gasteiger partial charge in [0.15, 0.2) is 5.78 Å². The summed E-state index contributed by atoms with van der Waals surface area (Å²) in [4.78, 5) is 89.8. The molecule has 9 rings (SSSR count). The van der Waals surface area contributed by atoms with E-state index in [1.807, 2.05) is 17.0 Å². The van der Waals surface area contributed by atoms with Crippen molar-refractivity contribution in [2.75, 3.05) is 49.9 Å². The maximum atomic E-state index is 14.1. The predicted octanol–water partition coefficient (Wildman–Crippen LogP) is 4.78. The number of nitrogens with zero attached hydrogens (tertiary/aromatic N) is 5. The van der Waals surface area contributed by atoms with Crippen LogP contribution in [0.2, 0.25) is 0 Å². The number of piperidine rings is 2. The second-order valence-electron chi connectivity index (χ2n) is 16.7. The zero-order valence-electron chi connectivity index (χ0n) is 33.4. The number of ketones is 1. The van der Waals surface area contributed by atoms with Gasteiger partial charge in [0.25, 0.3) is 11.8 Å². The Labute approximate surface area is 346 Å². The van der Waals surface area contributed by atoms with E-state index in [-0.39, 0.29) is 41.4 Å². The third kappa shape index (κ3) is 6.51. The van der Waals surface area contributed by atoms with Gasteiger partial charge in [-0.05, 0) is 79.3 Å². The summed E-state index contributed by atoms with van der Waals surface area (Å²) in [5.74, 6) is -1.94. The van der Waals surface area contributed by atoms with Gasteiger partial charge in [-0.25, -0.2) is 0 Å². The van der Waals surface area contributed by atoms with E-state index in [4.69, 9.17) is 0 Å². The molecular weight excluding hydrogens is 767 g/mol. The van der Waals surface area contributed by atoms with E-state index in [1.54, 1.807) is 24.3 Å². The number of piperazine rings is 1. The molecule has 5 heterocycles. The number of fused-ring (bicyclic) bond motifs is 5. The van der Waals surface area contributed by atoms with E-state index in [0.29, 0.717) is 35.2 Å². The summed E-state index contributed by atoms with van der Waals surface area (Å²) in [6.07, 6.45) is 2.96. The molecular formula is C45H45N7O6S. The van der Waals surface area contributed by atoms with Crippen molar-refractivity contribution < 1.29 is 28.8 Å². The quantitative estimate of drug-likeness (QED) is 0.196. The molecule has 5 aliphatic rings. The van der Waals surface area contributed by atoms with Crippen molar-refractivity contribution in [3.05, 3.63) is 93.2 Å². The van der Waals surface area contributed by atoms with Crippen LogP contribution >= 0.6 is 11.8 Å². The number of nitrogens with one attached hydrogen (secondary N) is 2. The molecule has 13 nitrogen and oxygen atoms in total. The Morgan fingerprint density at radius 2 is 1.63 bits per heavy atom. The number of amides is 5. The molecule has 59 heavy (non-hydrogen) atoms. The van der Waals surface area contributed by atoms with Crippen LogP contribution in [0.4, 0.5) is 5.69 Å². The Balaban J connectivity index is 0.801. The van der Waals surface area contributed by atoms with Gasteiger partial charge in [-0.2, -0.15) is 5.26 Å². The molecule has 3 fully saturated rings. The molecule has 5 amide bonds. The lowest BCUT2D eigenvalue weighted by molar-refractivity contribution is -0.136. The van der Waals surface area contributed by atoms with Gasteiger partial charge >= 0.3 is 0 Å². The number of hydrogen-bond donors (Lipinski definition) is 2. The Morgan fingerprint density at radius 3 is 2.34 bits per heavy atom. The van der Waals surface area contributed by atoms with Gasteiger partial charge in [0.1, 0.15) is 6.04 Å². The molecule has 1 atom stereocenters. The molecule has 3 aromatic carbocycles. The first kappa shape index (κ1) is 38.7. The largest absolute Gasteiger partial charge is 0.371 e. The molecule has 2 N–H and O–H groups in total. The van der Waals surface area contributed by atoms with Gasteiger partial charge in [0, 0.05) is 89.9 Å². The first-order valence-corrected chi connectivity index (χ1v) is 21.4. The summed E-state index contributed by atoms with van der Waals surface area (Å²) >= 11 is 1.32. The highest BCUT2D eigenvalue weighted by molar-refractivity contribution is 8.00. The fraction of sp³-hybridized carbons (Fsp3) is 0.400. The van der Waals surface area contributed by atoms with Crippen molar-refractivity contribution in [3.8, 4) is 6.07 Å². The number of imide groups is 2. The lowest BCUT2D eigenvalue weighted by Gasteiger charge is -2.44. The third-order valence-electron chi connectivity index (χ3n) is 13.1. The van der Waals surface area contributed by atoms with Gasteiger partial charge in [0.05, 0.1) is 34.1 Å². The van der Waals surface area contributed by atoms with Crippen molar-refractivity contribution >= 4 is 63.7 Å². The summed E-state index contributed by atoms with van der Waals surface area (Å²) in [6.45, 7) is 11.1. The Bertz CT molecular complexity index is 2540. The van der Waals surface area contributed by atoms with Crippen molar-refractivity contribution in [3.63, 3.8) is 0 Å². The summed E-state index contributed by atoms with van der Waals surface area (Å²) in [5, 5.41) is 12.5. The normalized spacial score (nSPS) is 20.7. The molecule has 1 unspecified atom stereocenters. The minimum Gasteiger partial charge on any atom is -0.371 e. The van der Waals surface area contributed by atoms with Crippen LogP contribution in [0.5, 0.6) is 0 Å².